The molecular weight excluding hydrogens is 176 g/mol. The van der Waals surface area contributed by atoms with E-state index in [0.29, 0.717) is 19.8 Å². The number of hydrogen-bond acceptors (Lipinski definition) is 3. The quantitative estimate of drug-likeness (QED) is 0.749. The van der Waals surface area contributed by atoms with Gasteiger partial charge in [-0.25, -0.2) is 0 Å². The first-order chi connectivity index (χ1) is 6.85. The van der Waals surface area contributed by atoms with Crippen molar-refractivity contribution in [2.24, 2.45) is 5.73 Å². The third-order valence-electron chi connectivity index (χ3n) is 1.25. The molecule has 0 amide bonds. The summed E-state index contributed by atoms with van der Waals surface area (Å²) >= 11 is 0. The highest BCUT2D eigenvalue weighted by Gasteiger charge is 1.89. The van der Waals surface area contributed by atoms with Crippen molar-refractivity contribution < 1.29 is 4.74 Å². The first kappa shape index (κ1) is 13.1. The molecule has 1 aromatic heterocycles. The van der Waals surface area contributed by atoms with Crippen molar-refractivity contribution in [3.63, 3.8) is 0 Å². The van der Waals surface area contributed by atoms with E-state index >= 15 is 0 Å². The Hall–Kier alpha value is -0.930. The number of ether oxygens (including phenoxy) is 1. The second-order valence-electron chi connectivity index (χ2n) is 2.91. The molecule has 2 N–H and O–H groups in total. The predicted octanol–water partition coefficient (Wildman–Crippen LogP) is 1.97. The zero-order valence-corrected chi connectivity index (χ0v) is 9.07. The van der Waals surface area contributed by atoms with Gasteiger partial charge in [-0.3, -0.25) is 4.98 Å². The fourth-order valence-corrected chi connectivity index (χ4v) is 0.757. The van der Waals surface area contributed by atoms with Gasteiger partial charge < -0.3 is 10.5 Å². The van der Waals surface area contributed by atoms with Crippen LogP contribution < -0.4 is 5.73 Å². The standard InChI is InChI=1S/C8H12N2O.C3H8/c9-3-5-11-7-8-2-1-4-10-6-8;1-3-2/h1-2,4,6H,3,5,7,9H2;3H2,1-2H3. The monoisotopic (exact) mass is 196 g/mol. The summed E-state index contributed by atoms with van der Waals surface area (Å²) in [5.74, 6) is 0. The van der Waals surface area contributed by atoms with Gasteiger partial charge in [0.15, 0.2) is 0 Å². The summed E-state index contributed by atoms with van der Waals surface area (Å²) in [5.41, 5.74) is 6.34. The van der Waals surface area contributed by atoms with E-state index in [1.165, 1.54) is 6.42 Å². The number of nitrogens with zero attached hydrogens (tertiary/aromatic N) is 1. The van der Waals surface area contributed by atoms with Crippen molar-refractivity contribution in [2.45, 2.75) is 26.9 Å². The van der Waals surface area contributed by atoms with Crippen molar-refractivity contribution in [1.82, 2.24) is 4.98 Å². The first-order valence-corrected chi connectivity index (χ1v) is 5.01. The van der Waals surface area contributed by atoms with Crippen molar-refractivity contribution in [2.75, 3.05) is 13.2 Å². The van der Waals surface area contributed by atoms with Gasteiger partial charge in [-0.2, -0.15) is 0 Å². The number of aromatic nitrogens is 1. The molecule has 3 heteroatoms. The molecule has 0 saturated carbocycles. The number of pyridine rings is 1. The zero-order chi connectivity index (χ0) is 10.6. The molecule has 0 spiro atoms. The smallest absolute Gasteiger partial charge is 0.0732 e. The molecule has 0 aliphatic heterocycles. The molecule has 1 heterocycles. The normalized spacial score (nSPS) is 9.07. The second-order valence-corrected chi connectivity index (χ2v) is 2.91. The lowest BCUT2D eigenvalue weighted by atomic mass is 10.3. The van der Waals surface area contributed by atoms with Crippen LogP contribution in [0.2, 0.25) is 0 Å². The molecule has 14 heavy (non-hydrogen) atoms. The van der Waals surface area contributed by atoms with Gasteiger partial charge in [-0.1, -0.05) is 26.3 Å². The molecule has 0 aliphatic carbocycles. The molecule has 0 bridgehead atoms. The van der Waals surface area contributed by atoms with Gasteiger partial charge in [-0.15, -0.1) is 0 Å². The lowest BCUT2D eigenvalue weighted by Gasteiger charge is -2.00. The fraction of sp³-hybridized carbons (Fsp3) is 0.545. The van der Waals surface area contributed by atoms with Crippen molar-refractivity contribution in [3.8, 4) is 0 Å². The molecule has 0 radical (unpaired) electrons. The minimum atomic E-state index is 0.570. The predicted molar refractivity (Wildman–Crippen MR) is 58.9 cm³/mol. The summed E-state index contributed by atoms with van der Waals surface area (Å²) in [7, 11) is 0. The fourth-order valence-electron chi connectivity index (χ4n) is 0.757. The van der Waals surface area contributed by atoms with Crippen LogP contribution in [0.1, 0.15) is 25.8 Å². The molecule has 0 unspecified atom stereocenters. The van der Waals surface area contributed by atoms with Gasteiger partial charge in [-0.05, 0) is 11.6 Å². The highest BCUT2D eigenvalue weighted by molar-refractivity contribution is 5.06. The Balaban J connectivity index is 0.000000500. The van der Waals surface area contributed by atoms with Crippen molar-refractivity contribution in [3.05, 3.63) is 30.1 Å². The molecule has 80 valence electrons. The average Bonchev–Trinajstić information content (AvgIpc) is 2.21. The van der Waals surface area contributed by atoms with E-state index in [9.17, 15) is 0 Å². The Bertz CT molecular complexity index is 202. The summed E-state index contributed by atoms with van der Waals surface area (Å²) in [6.07, 6.45) is 4.78. The summed E-state index contributed by atoms with van der Waals surface area (Å²) in [5, 5.41) is 0. The van der Waals surface area contributed by atoms with Crippen LogP contribution in [0.4, 0.5) is 0 Å². The van der Waals surface area contributed by atoms with Crippen LogP contribution in [0.3, 0.4) is 0 Å². The maximum absolute atomic E-state index is 5.25. The van der Waals surface area contributed by atoms with E-state index in [1.54, 1.807) is 12.4 Å². The second kappa shape index (κ2) is 10.2. The van der Waals surface area contributed by atoms with Crippen LogP contribution in [-0.2, 0) is 11.3 Å². The molecule has 3 nitrogen and oxygen atoms in total. The molecule has 0 saturated heterocycles. The van der Waals surface area contributed by atoms with Crippen LogP contribution in [0.5, 0.6) is 0 Å². The van der Waals surface area contributed by atoms with Gasteiger partial charge >= 0.3 is 0 Å². The Morgan fingerprint density at radius 2 is 2.14 bits per heavy atom. The van der Waals surface area contributed by atoms with E-state index in [0.717, 1.165) is 5.56 Å². The minimum absolute atomic E-state index is 0.570. The zero-order valence-electron chi connectivity index (χ0n) is 9.07. The van der Waals surface area contributed by atoms with Gasteiger partial charge in [0.2, 0.25) is 0 Å². The summed E-state index contributed by atoms with van der Waals surface area (Å²) < 4.78 is 5.20. The molecule has 1 rings (SSSR count). The number of rotatable bonds is 4. The SMILES string of the molecule is CCC.NCCOCc1cccnc1. The van der Waals surface area contributed by atoms with E-state index in [4.69, 9.17) is 10.5 Å². The van der Waals surface area contributed by atoms with Crippen LogP contribution in [0, 0.1) is 0 Å². The third-order valence-corrected chi connectivity index (χ3v) is 1.25. The topological polar surface area (TPSA) is 48.1 Å². The lowest BCUT2D eigenvalue weighted by molar-refractivity contribution is 0.128. The van der Waals surface area contributed by atoms with E-state index in [2.05, 4.69) is 18.8 Å². The Morgan fingerprint density at radius 3 is 2.64 bits per heavy atom. The maximum Gasteiger partial charge on any atom is 0.0732 e. The largest absolute Gasteiger partial charge is 0.375 e. The Kier molecular flexibility index (Phi) is 9.48. The highest BCUT2D eigenvalue weighted by atomic mass is 16.5. The molecule has 0 aromatic carbocycles. The Labute approximate surface area is 86.3 Å². The summed E-state index contributed by atoms with van der Waals surface area (Å²) in [6, 6.07) is 3.87. The molecule has 0 fully saturated rings. The van der Waals surface area contributed by atoms with E-state index in [1.807, 2.05) is 12.1 Å². The average molecular weight is 196 g/mol. The number of hydrogen-bond donors (Lipinski definition) is 1. The molecule has 1 aromatic rings. The first-order valence-electron chi connectivity index (χ1n) is 5.01. The van der Waals surface area contributed by atoms with Gasteiger partial charge in [0.1, 0.15) is 0 Å². The molecule has 0 aliphatic rings. The number of nitrogens with two attached hydrogens (primary N) is 1. The van der Waals surface area contributed by atoms with Crippen LogP contribution in [0.15, 0.2) is 24.5 Å². The van der Waals surface area contributed by atoms with Crippen LogP contribution >= 0.6 is 0 Å². The molecular formula is C11H20N2O. The molecule has 0 atom stereocenters. The van der Waals surface area contributed by atoms with Gasteiger partial charge in [0.05, 0.1) is 13.2 Å². The van der Waals surface area contributed by atoms with Crippen molar-refractivity contribution in [1.29, 1.82) is 0 Å². The maximum atomic E-state index is 5.25. The van der Waals surface area contributed by atoms with Gasteiger partial charge in [0.25, 0.3) is 0 Å². The highest BCUT2D eigenvalue weighted by Crippen LogP contribution is 1.96. The summed E-state index contributed by atoms with van der Waals surface area (Å²) in [4.78, 5) is 3.95. The lowest BCUT2D eigenvalue weighted by Crippen LogP contribution is -2.08. The van der Waals surface area contributed by atoms with Gasteiger partial charge in [0, 0.05) is 18.9 Å². The van der Waals surface area contributed by atoms with E-state index in [-0.39, 0.29) is 0 Å². The summed E-state index contributed by atoms with van der Waals surface area (Å²) in [6.45, 7) is 6.03. The third kappa shape index (κ3) is 7.71. The minimum Gasteiger partial charge on any atom is -0.375 e. The van der Waals surface area contributed by atoms with Crippen molar-refractivity contribution >= 4 is 0 Å². The van der Waals surface area contributed by atoms with Crippen LogP contribution in [-0.4, -0.2) is 18.1 Å². The Morgan fingerprint density at radius 1 is 1.43 bits per heavy atom. The van der Waals surface area contributed by atoms with Crippen LogP contribution in [0.25, 0.3) is 0 Å². The van der Waals surface area contributed by atoms with E-state index < -0.39 is 0 Å².